The third-order valence-corrected chi connectivity index (χ3v) is 10.6. The smallest absolute Gasteiger partial charge is 0.410 e. The fourth-order valence-corrected chi connectivity index (χ4v) is 8.22. The summed E-state index contributed by atoms with van der Waals surface area (Å²) in [7, 11) is 2.06. The van der Waals surface area contributed by atoms with Crippen LogP contribution in [0.25, 0.3) is 20.8 Å². The number of carbonyl (C=O) groups excluding carboxylic acids is 4. The zero-order valence-electron chi connectivity index (χ0n) is 30.7. The Morgan fingerprint density at radius 3 is 2.26 bits per heavy atom. The Hall–Kier alpha value is -3.75. The van der Waals surface area contributed by atoms with Crippen molar-refractivity contribution in [1.82, 2.24) is 24.6 Å². The van der Waals surface area contributed by atoms with Crippen LogP contribution >= 0.6 is 22.7 Å². The summed E-state index contributed by atoms with van der Waals surface area (Å²) in [5.74, 6) is -0.247. The van der Waals surface area contributed by atoms with Gasteiger partial charge in [-0.3, -0.25) is 9.59 Å². The van der Waals surface area contributed by atoms with Gasteiger partial charge in [0.25, 0.3) is 5.91 Å². The molecule has 2 aromatic heterocycles. The number of likely N-dealkylation sites (N-methyl/N-ethyl adjacent to an activating group) is 1. The van der Waals surface area contributed by atoms with E-state index in [-0.39, 0.29) is 36.9 Å². The number of thiazole rings is 1. The number of aromatic nitrogens is 1. The van der Waals surface area contributed by atoms with Gasteiger partial charge in [-0.05, 0) is 92.6 Å². The van der Waals surface area contributed by atoms with Crippen LogP contribution in [0.5, 0.6) is 0 Å². The van der Waals surface area contributed by atoms with E-state index in [9.17, 15) is 19.2 Å². The summed E-state index contributed by atoms with van der Waals surface area (Å²) in [4.78, 5) is 66.0. The first-order valence-electron chi connectivity index (χ1n) is 17.2. The molecule has 0 aliphatic carbocycles. The molecule has 1 fully saturated rings. The molecule has 0 saturated carbocycles. The average molecular weight is 727 g/mol. The zero-order chi connectivity index (χ0) is 36.5. The third kappa shape index (κ3) is 9.12. The number of amides is 4. The molecule has 2 aliphatic heterocycles. The van der Waals surface area contributed by atoms with Crippen molar-refractivity contribution in [1.29, 1.82) is 0 Å². The number of hydrogen-bond donors (Lipinski definition) is 1. The van der Waals surface area contributed by atoms with Gasteiger partial charge in [-0.25, -0.2) is 14.6 Å². The van der Waals surface area contributed by atoms with Crippen LogP contribution in [0.1, 0.15) is 82.6 Å². The van der Waals surface area contributed by atoms with Gasteiger partial charge in [-0.1, -0.05) is 0 Å². The van der Waals surface area contributed by atoms with Crippen LogP contribution in [0, 0.1) is 0 Å². The lowest BCUT2D eigenvalue weighted by Crippen LogP contribution is -2.47. The van der Waals surface area contributed by atoms with Gasteiger partial charge >= 0.3 is 12.2 Å². The number of benzene rings is 1. The van der Waals surface area contributed by atoms with E-state index in [1.54, 1.807) is 9.80 Å². The molecule has 14 heteroatoms. The molecule has 0 unspecified atom stereocenters. The molecule has 3 aromatic rings. The Morgan fingerprint density at radius 2 is 1.62 bits per heavy atom. The van der Waals surface area contributed by atoms with E-state index < -0.39 is 17.3 Å². The number of carbonyl (C=O) groups is 4. The molecule has 12 nitrogen and oxygen atoms in total. The minimum absolute atomic E-state index is 0.000488. The minimum Gasteiger partial charge on any atom is -0.444 e. The number of rotatable bonds is 7. The lowest BCUT2D eigenvalue weighted by molar-refractivity contribution is -0.116. The van der Waals surface area contributed by atoms with Crippen LogP contribution in [0.4, 0.5) is 14.6 Å². The van der Waals surface area contributed by atoms with Gasteiger partial charge in [0.05, 0.1) is 16.8 Å². The number of fused-ring (bicyclic) bond motifs is 2. The topological polar surface area (TPSA) is 125 Å². The highest BCUT2D eigenvalue weighted by Gasteiger charge is 2.32. The van der Waals surface area contributed by atoms with Crippen molar-refractivity contribution in [3.8, 4) is 10.6 Å². The molecule has 1 aromatic carbocycles. The van der Waals surface area contributed by atoms with Gasteiger partial charge in [0.1, 0.15) is 21.2 Å². The van der Waals surface area contributed by atoms with E-state index in [1.807, 2.05) is 78.5 Å². The fraction of sp³-hybridized carbons (Fsp3) is 0.583. The number of thiophene rings is 1. The highest BCUT2D eigenvalue weighted by Crippen LogP contribution is 2.46. The van der Waals surface area contributed by atoms with E-state index >= 15 is 0 Å². The van der Waals surface area contributed by atoms with Gasteiger partial charge in [-0.2, -0.15) is 0 Å². The first-order chi connectivity index (χ1) is 23.4. The van der Waals surface area contributed by atoms with E-state index in [2.05, 4.69) is 17.3 Å². The second kappa shape index (κ2) is 14.8. The maximum atomic E-state index is 13.5. The summed E-state index contributed by atoms with van der Waals surface area (Å²) in [6.45, 7) is 18.8. The van der Waals surface area contributed by atoms with Crippen LogP contribution in [0.2, 0.25) is 0 Å². The molecule has 1 saturated heterocycles. The third-order valence-electron chi connectivity index (χ3n) is 8.43. The fourth-order valence-electron chi connectivity index (χ4n) is 5.85. The maximum absolute atomic E-state index is 13.5. The van der Waals surface area contributed by atoms with Crippen LogP contribution in [0.3, 0.4) is 0 Å². The van der Waals surface area contributed by atoms with Gasteiger partial charge < -0.3 is 34.4 Å². The Morgan fingerprint density at radius 1 is 0.940 bits per heavy atom. The number of piperazine rings is 1. The molecule has 0 radical (unpaired) electrons. The van der Waals surface area contributed by atoms with Gasteiger partial charge in [0.2, 0.25) is 5.91 Å². The summed E-state index contributed by atoms with van der Waals surface area (Å²) >= 11 is 2.94. The average Bonchev–Trinajstić information content (AvgIpc) is 3.58. The van der Waals surface area contributed by atoms with Crippen molar-refractivity contribution < 1.29 is 28.7 Å². The Balaban J connectivity index is 1.42. The molecular formula is C36H50N6O6S2. The first-order valence-corrected chi connectivity index (χ1v) is 18.8. The van der Waals surface area contributed by atoms with Crippen molar-refractivity contribution >= 4 is 61.9 Å². The second-order valence-corrected chi connectivity index (χ2v) is 17.4. The van der Waals surface area contributed by atoms with Crippen LogP contribution in [-0.4, -0.2) is 112 Å². The van der Waals surface area contributed by atoms with Crippen LogP contribution in [0.15, 0.2) is 18.2 Å². The van der Waals surface area contributed by atoms with Crippen molar-refractivity contribution in [2.45, 2.75) is 92.0 Å². The Labute approximate surface area is 302 Å². The van der Waals surface area contributed by atoms with Crippen molar-refractivity contribution in [3.05, 3.63) is 34.2 Å². The van der Waals surface area contributed by atoms with Crippen molar-refractivity contribution in [2.24, 2.45) is 0 Å². The number of hydrogen-bond acceptors (Lipinski definition) is 10. The van der Waals surface area contributed by atoms with E-state index in [1.165, 1.54) is 22.7 Å². The highest BCUT2D eigenvalue weighted by atomic mass is 32.1. The summed E-state index contributed by atoms with van der Waals surface area (Å²) < 4.78 is 12.2. The van der Waals surface area contributed by atoms with E-state index in [4.69, 9.17) is 14.5 Å². The SMILES string of the molecule is CC(C)N(CCC(=O)Nc1sc2c(c1-c1nc3cc(C(=O)N4CCN(C)CC4)ccc3s1)CCN(C(=O)OC(C)(C)C)C2)C(=O)OC(C)(C)C. The van der Waals surface area contributed by atoms with Gasteiger partial charge in [0.15, 0.2) is 0 Å². The molecule has 0 bridgehead atoms. The zero-order valence-corrected chi connectivity index (χ0v) is 32.3. The van der Waals surface area contributed by atoms with Crippen molar-refractivity contribution in [2.75, 3.05) is 51.6 Å². The predicted molar refractivity (Wildman–Crippen MR) is 198 cm³/mol. The molecule has 50 heavy (non-hydrogen) atoms. The van der Waals surface area contributed by atoms with Crippen LogP contribution < -0.4 is 5.32 Å². The molecular weight excluding hydrogens is 677 g/mol. The summed E-state index contributed by atoms with van der Waals surface area (Å²) in [6, 6.07) is 5.50. The molecule has 4 amide bonds. The first kappa shape index (κ1) is 37.5. The lowest BCUT2D eigenvalue weighted by Gasteiger charge is -2.32. The quantitative estimate of drug-likeness (QED) is 0.286. The molecule has 4 heterocycles. The second-order valence-electron chi connectivity index (χ2n) is 15.2. The Kier molecular flexibility index (Phi) is 11.1. The molecule has 272 valence electrons. The number of nitrogens with zero attached hydrogens (tertiary/aromatic N) is 5. The molecule has 5 rings (SSSR count). The van der Waals surface area contributed by atoms with E-state index in [0.29, 0.717) is 43.2 Å². The van der Waals surface area contributed by atoms with Gasteiger partial charge in [-0.15, -0.1) is 22.7 Å². The monoisotopic (exact) mass is 726 g/mol. The van der Waals surface area contributed by atoms with Crippen molar-refractivity contribution in [3.63, 3.8) is 0 Å². The Bertz CT molecular complexity index is 1750. The summed E-state index contributed by atoms with van der Waals surface area (Å²) in [5.41, 5.74) is 1.93. The minimum atomic E-state index is -0.652. The summed E-state index contributed by atoms with van der Waals surface area (Å²) in [6.07, 6.45) is -0.202. The highest BCUT2D eigenvalue weighted by molar-refractivity contribution is 7.23. The molecule has 0 atom stereocenters. The largest absolute Gasteiger partial charge is 0.444 e. The number of ether oxygens (including phenoxy) is 2. The molecule has 2 aliphatic rings. The summed E-state index contributed by atoms with van der Waals surface area (Å²) in [5, 5.41) is 4.50. The molecule has 0 spiro atoms. The van der Waals surface area contributed by atoms with Gasteiger partial charge in [0, 0.05) is 67.7 Å². The standard InChI is InChI=1S/C36H50N6O6S2/c1-22(2)42(34(46)48-36(6,7)8)15-13-28(43)38-31-29(24-12-14-41(21-27(24)50-31)33(45)47-35(3,4)5)30-37-25-20-23(10-11-26(25)49-30)32(44)40-18-16-39(9)17-19-40/h10-11,20,22H,12-19,21H2,1-9H3,(H,38,43). The van der Waals surface area contributed by atoms with E-state index in [0.717, 1.165) is 44.3 Å². The normalized spacial score (nSPS) is 15.6. The van der Waals surface area contributed by atoms with Crippen LogP contribution in [-0.2, 0) is 27.2 Å². The number of anilines is 1. The molecule has 1 N–H and O–H groups in total. The lowest BCUT2D eigenvalue weighted by atomic mass is 10.0. The maximum Gasteiger partial charge on any atom is 0.410 e. The number of nitrogens with one attached hydrogen (secondary N) is 1. The predicted octanol–water partition coefficient (Wildman–Crippen LogP) is 6.68.